The minimum absolute atomic E-state index is 0.164. The van der Waals surface area contributed by atoms with Crippen molar-refractivity contribution in [2.45, 2.75) is 58.1 Å². The second kappa shape index (κ2) is 8.08. The summed E-state index contributed by atoms with van der Waals surface area (Å²) in [6.45, 7) is 6.08. The lowest BCUT2D eigenvalue weighted by atomic mass is 9.54. The second-order valence-electron chi connectivity index (χ2n) is 7.33. The maximum absolute atomic E-state index is 12.4. The van der Waals surface area contributed by atoms with Crippen LogP contribution >= 0.6 is 0 Å². The van der Waals surface area contributed by atoms with Crippen LogP contribution in [-0.4, -0.2) is 42.3 Å². The second-order valence-corrected chi connectivity index (χ2v) is 7.33. The lowest BCUT2D eigenvalue weighted by Gasteiger charge is -2.58. The number of amides is 1. The Morgan fingerprint density at radius 2 is 1.92 bits per heavy atom. The van der Waals surface area contributed by atoms with Crippen molar-refractivity contribution in [2.75, 3.05) is 13.7 Å². The minimum atomic E-state index is -1.26. The van der Waals surface area contributed by atoms with Gasteiger partial charge in [0.15, 0.2) is 0 Å². The van der Waals surface area contributed by atoms with E-state index in [0.717, 1.165) is 17.7 Å². The van der Waals surface area contributed by atoms with E-state index in [1.165, 1.54) is 0 Å². The molecule has 2 rings (SSSR count). The van der Waals surface area contributed by atoms with Gasteiger partial charge in [-0.15, -0.1) is 0 Å². The van der Waals surface area contributed by atoms with Crippen LogP contribution in [0.5, 0.6) is 5.75 Å². The summed E-state index contributed by atoms with van der Waals surface area (Å²) in [7, 11) is 1.62. The number of hydrogen-bond donors (Lipinski definition) is 2. The molecule has 26 heavy (non-hydrogen) atoms. The molecule has 6 heteroatoms. The molecule has 1 saturated carbocycles. The molecule has 1 amide bonds. The number of ether oxygens (including phenoxy) is 2. The molecule has 0 bridgehead atoms. The van der Waals surface area contributed by atoms with Crippen molar-refractivity contribution in [1.82, 2.24) is 5.32 Å². The van der Waals surface area contributed by atoms with Crippen LogP contribution in [0, 0.1) is 5.41 Å². The van der Waals surface area contributed by atoms with Crippen LogP contribution in [0.1, 0.15) is 45.6 Å². The standard InChI is InChI=1S/C20H29NO5/c1-5-26-16-13-20(18(23)24,19(16,2)3)21-17(22)8-6-7-14-9-11-15(25-4)12-10-14/h9-12,16H,5-8,13H2,1-4H3,(H,21,22)(H,23,24). The molecule has 6 nitrogen and oxygen atoms in total. The largest absolute Gasteiger partial charge is 0.497 e. The molecule has 144 valence electrons. The van der Waals surface area contributed by atoms with Gasteiger partial charge in [-0.3, -0.25) is 4.79 Å². The first-order valence-electron chi connectivity index (χ1n) is 9.05. The van der Waals surface area contributed by atoms with E-state index >= 15 is 0 Å². The number of carbonyl (C=O) groups is 2. The van der Waals surface area contributed by atoms with E-state index in [2.05, 4.69) is 5.32 Å². The topological polar surface area (TPSA) is 84.9 Å². The Kier molecular flexibility index (Phi) is 6.29. The highest BCUT2D eigenvalue weighted by molar-refractivity contribution is 5.89. The number of rotatable bonds is 9. The van der Waals surface area contributed by atoms with Gasteiger partial charge >= 0.3 is 5.97 Å². The van der Waals surface area contributed by atoms with Crippen LogP contribution in [0.25, 0.3) is 0 Å². The first-order chi connectivity index (χ1) is 12.3. The van der Waals surface area contributed by atoms with E-state index in [0.29, 0.717) is 19.4 Å². The zero-order chi connectivity index (χ0) is 19.4. The summed E-state index contributed by atoms with van der Waals surface area (Å²) < 4.78 is 10.7. The van der Waals surface area contributed by atoms with Crippen LogP contribution in [-0.2, 0) is 20.7 Å². The minimum Gasteiger partial charge on any atom is -0.497 e. The predicted octanol–water partition coefficient (Wildman–Crippen LogP) is 2.79. The quantitative estimate of drug-likeness (QED) is 0.705. The van der Waals surface area contributed by atoms with Gasteiger partial charge in [-0.25, -0.2) is 4.79 Å². The van der Waals surface area contributed by atoms with Crippen LogP contribution < -0.4 is 10.1 Å². The number of hydrogen-bond acceptors (Lipinski definition) is 4. The summed E-state index contributed by atoms with van der Waals surface area (Å²) in [6.07, 6.45) is 1.83. The third-order valence-electron chi connectivity index (χ3n) is 5.51. The molecule has 0 heterocycles. The van der Waals surface area contributed by atoms with Crippen LogP contribution in [0.2, 0.25) is 0 Å². The summed E-state index contributed by atoms with van der Waals surface area (Å²) in [4.78, 5) is 24.2. The number of carboxylic acids is 1. The summed E-state index contributed by atoms with van der Waals surface area (Å²) in [5.41, 5.74) is -0.795. The zero-order valence-corrected chi connectivity index (χ0v) is 16.0. The van der Waals surface area contributed by atoms with Gasteiger partial charge in [-0.05, 0) is 37.5 Å². The fourth-order valence-corrected chi connectivity index (χ4v) is 3.58. The van der Waals surface area contributed by atoms with Crippen molar-refractivity contribution >= 4 is 11.9 Å². The fourth-order valence-electron chi connectivity index (χ4n) is 3.58. The summed E-state index contributed by atoms with van der Waals surface area (Å²) in [6, 6.07) is 7.72. The Labute approximate surface area is 154 Å². The van der Waals surface area contributed by atoms with Gasteiger partial charge in [0.2, 0.25) is 5.91 Å². The highest BCUT2D eigenvalue weighted by atomic mass is 16.5. The first kappa shape index (κ1) is 20.2. The van der Waals surface area contributed by atoms with Crippen molar-refractivity contribution < 1.29 is 24.2 Å². The molecule has 0 saturated heterocycles. The summed E-state index contributed by atoms with van der Waals surface area (Å²) in [5, 5.41) is 12.5. The van der Waals surface area contributed by atoms with Crippen molar-refractivity contribution in [3.05, 3.63) is 29.8 Å². The summed E-state index contributed by atoms with van der Waals surface area (Å²) in [5.74, 6) is -0.433. The number of nitrogens with one attached hydrogen (secondary N) is 1. The van der Waals surface area contributed by atoms with Crippen molar-refractivity contribution in [3.8, 4) is 5.75 Å². The monoisotopic (exact) mass is 363 g/mol. The molecule has 2 atom stereocenters. The lowest BCUT2D eigenvalue weighted by molar-refractivity contribution is -0.194. The average molecular weight is 363 g/mol. The molecular formula is C20H29NO5. The fraction of sp³-hybridized carbons (Fsp3) is 0.600. The molecule has 1 aromatic carbocycles. The van der Waals surface area contributed by atoms with E-state index in [-0.39, 0.29) is 18.4 Å². The third kappa shape index (κ3) is 3.85. The van der Waals surface area contributed by atoms with Crippen molar-refractivity contribution in [3.63, 3.8) is 0 Å². The molecule has 0 aromatic heterocycles. The molecule has 1 aliphatic carbocycles. The van der Waals surface area contributed by atoms with Gasteiger partial charge in [-0.2, -0.15) is 0 Å². The smallest absolute Gasteiger partial charge is 0.330 e. The third-order valence-corrected chi connectivity index (χ3v) is 5.51. The maximum Gasteiger partial charge on any atom is 0.330 e. The molecule has 0 spiro atoms. The predicted molar refractivity (Wildman–Crippen MR) is 98.3 cm³/mol. The molecule has 1 aromatic rings. The van der Waals surface area contributed by atoms with E-state index in [4.69, 9.17) is 9.47 Å². The Morgan fingerprint density at radius 1 is 1.27 bits per heavy atom. The Bertz CT molecular complexity index is 640. The number of aryl methyl sites for hydroxylation is 1. The first-order valence-corrected chi connectivity index (χ1v) is 9.05. The normalized spacial score (nSPS) is 23.8. The lowest BCUT2D eigenvalue weighted by Crippen LogP contribution is -2.76. The van der Waals surface area contributed by atoms with Gasteiger partial charge in [0, 0.05) is 24.9 Å². The molecule has 2 N–H and O–H groups in total. The van der Waals surface area contributed by atoms with Gasteiger partial charge < -0.3 is 19.9 Å². The maximum atomic E-state index is 12.4. The van der Waals surface area contributed by atoms with Gasteiger partial charge in [-0.1, -0.05) is 26.0 Å². The van der Waals surface area contributed by atoms with Gasteiger partial charge in [0.25, 0.3) is 0 Å². The highest BCUT2D eigenvalue weighted by Crippen LogP contribution is 2.51. The van der Waals surface area contributed by atoms with E-state index < -0.39 is 16.9 Å². The Balaban J connectivity index is 1.89. The number of aliphatic carboxylic acids is 1. The molecule has 0 radical (unpaired) electrons. The zero-order valence-electron chi connectivity index (χ0n) is 16.0. The summed E-state index contributed by atoms with van der Waals surface area (Å²) >= 11 is 0. The number of methoxy groups -OCH3 is 1. The average Bonchev–Trinajstić information content (AvgIpc) is 2.61. The van der Waals surface area contributed by atoms with Crippen LogP contribution in [0.4, 0.5) is 0 Å². The van der Waals surface area contributed by atoms with Crippen molar-refractivity contribution in [2.24, 2.45) is 5.41 Å². The molecule has 1 fully saturated rings. The number of carboxylic acid groups (broad SMARTS) is 1. The van der Waals surface area contributed by atoms with Gasteiger partial charge in [0.05, 0.1) is 13.2 Å². The molecular weight excluding hydrogens is 334 g/mol. The highest BCUT2D eigenvalue weighted by Gasteiger charge is 2.66. The van der Waals surface area contributed by atoms with Crippen LogP contribution in [0.15, 0.2) is 24.3 Å². The number of carbonyl (C=O) groups excluding carboxylic acids is 1. The molecule has 1 aliphatic rings. The van der Waals surface area contributed by atoms with Crippen molar-refractivity contribution in [1.29, 1.82) is 0 Å². The molecule has 2 unspecified atom stereocenters. The van der Waals surface area contributed by atoms with E-state index in [1.807, 2.05) is 45.0 Å². The SMILES string of the molecule is CCOC1CC(NC(=O)CCCc2ccc(OC)cc2)(C(=O)O)C1(C)C. The Morgan fingerprint density at radius 3 is 2.42 bits per heavy atom. The van der Waals surface area contributed by atoms with E-state index in [9.17, 15) is 14.7 Å². The van der Waals surface area contributed by atoms with Gasteiger partial charge in [0.1, 0.15) is 11.3 Å². The van der Waals surface area contributed by atoms with Crippen LogP contribution in [0.3, 0.4) is 0 Å². The van der Waals surface area contributed by atoms with E-state index in [1.54, 1.807) is 7.11 Å². The molecule has 0 aliphatic heterocycles. The Hall–Kier alpha value is -2.08. The number of benzene rings is 1.